The Bertz CT molecular complexity index is 481. The van der Waals surface area contributed by atoms with Gasteiger partial charge in [0.15, 0.2) is 0 Å². The third-order valence-corrected chi connectivity index (χ3v) is 4.81. The van der Waals surface area contributed by atoms with Crippen molar-refractivity contribution in [3.8, 4) is 0 Å². The van der Waals surface area contributed by atoms with Crippen molar-refractivity contribution in [2.75, 3.05) is 18.4 Å². The van der Waals surface area contributed by atoms with Crippen LogP contribution in [0.15, 0.2) is 24.3 Å². The fourth-order valence-corrected chi connectivity index (χ4v) is 3.25. The summed E-state index contributed by atoms with van der Waals surface area (Å²) in [6.45, 7) is 3.94. The predicted molar refractivity (Wildman–Crippen MR) is 104 cm³/mol. The van der Waals surface area contributed by atoms with Gasteiger partial charge in [-0.25, -0.2) is 4.79 Å². The van der Waals surface area contributed by atoms with E-state index in [4.69, 9.17) is 4.74 Å². The number of rotatable bonds is 11. The molecule has 4 nitrogen and oxygen atoms in total. The molecule has 1 aromatic carbocycles. The Labute approximate surface area is 152 Å². The van der Waals surface area contributed by atoms with E-state index in [2.05, 4.69) is 29.7 Å². The molecule has 1 amide bonds. The van der Waals surface area contributed by atoms with Crippen LogP contribution in [0.3, 0.4) is 0 Å². The highest BCUT2D eigenvalue weighted by Gasteiger charge is 2.18. The molecule has 0 saturated carbocycles. The molecule has 140 valence electrons. The van der Waals surface area contributed by atoms with E-state index in [0.29, 0.717) is 0 Å². The maximum atomic E-state index is 11.8. The van der Waals surface area contributed by atoms with Crippen LogP contribution in [0.2, 0.25) is 0 Å². The molecule has 0 aliphatic carbocycles. The summed E-state index contributed by atoms with van der Waals surface area (Å²) in [7, 11) is 0. The van der Waals surface area contributed by atoms with Gasteiger partial charge in [0, 0.05) is 12.2 Å². The summed E-state index contributed by atoms with van der Waals surface area (Å²) in [6.07, 6.45) is 12.4. The molecule has 1 heterocycles. The SMILES string of the molecule is CCCCCCCCCCc1ccc(NC(=O)O[C@H]2CCNC2)cc1. The average Bonchev–Trinajstić information content (AvgIpc) is 3.11. The minimum absolute atomic E-state index is 0.00115. The molecule has 4 heteroatoms. The Morgan fingerprint density at radius 3 is 2.40 bits per heavy atom. The predicted octanol–water partition coefficient (Wildman–Crippen LogP) is 5.28. The number of nitrogens with one attached hydrogen (secondary N) is 2. The zero-order valence-electron chi connectivity index (χ0n) is 15.7. The molecule has 1 aliphatic rings. The molecule has 2 N–H and O–H groups in total. The van der Waals surface area contributed by atoms with E-state index in [1.165, 1.54) is 56.9 Å². The molecule has 25 heavy (non-hydrogen) atoms. The fraction of sp³-hybridized carbons (Fsp3) is 0.667. The second kappa shape index (κ2) is 11.9. The number of anilines is 1. The second-order valence-electron chi connectivity index (χ2n) is 7.07. The first-order valence-electron chi connectivity index (χ1n) is 10.0. The lowest BCUT2D eigenvalue weighted by molar-refractivity contribution is 0.121. The van der Waals surface area contributed by atoms with Gasteiger partial charge in [-0.3, -0.25) is 5.32 Å². The van der Waals surface area contributed by atoms with Crippen molar-refractivity contribution in [1.82, 2.24) is 5.32 Å². The third kappa shape index (κ3) is 8.39. The molecule has 1 atom stereocenters. The Hall–Kier alpha value is -1.55. The van der Waals surface area contributed by atoms with Gasteiger partial charge in [-0.2, -0.15) is 0 Å². The van der Waals surface area contributed by atoms with Crippen LogP contribution in [0.25, 0.3) is 0 Å². The van der Waals surface area contributed by atoms with Crippen LogP contribution in [-0.4, -0.2) is 25.3 Å². The van der Waals surface area contributed by atoms with Crippen molar-refractivity contribution in [3.05, 3.63) is 29.8 Å². The quantitative estimate of drug-likeness (QED) is 0.536. The molecule has 0 bridgehead atoms. The van der Waals surface area contributed by atoms with Crippen LogP contribution >= 0.6 is 0 Å². The van der Waals surface area contributed by atoms with Crippen molar-refractivity contribution < 1.29 is 9.53 Å². The Kier molecular flexibility index (Phi) is 9.42. The number of aryl methyl sites for hydroxylation is 1. The summed E-state index contributed by atoms with van der Waals surface area (Å²) in [5.74, 6) is 0. The van der Waals surface area contributed by atoms with Crippen molar-refractivity contribution in [3.63, 3.8) is 0 Å². The summed E-state index contributed by atoms with van der Waals surface area (Å²) in [5, 5.41) is 5.99. The molecule has 2 rings (SSSR count). The minimum Gasteiger partial charge on any atom is -0.445 e. The number of hydrogen-bond donors (Lipinski definition) is 2. The molecule has 0 spiro atoms. The largest absolute Gasteiger partial charge is 0.445 e. The zero-order valence-corrected chi connectivity index (χ0v) is 15.7. The lowest BCUT2D eigenvalue weighted by Gasteiger charge is -2.12. The van der Waals surface area contributed by atoms with Gasteiger partial charge in [-0.1, -0.05) is 64.0 Å². The molecule has 1 aliphatic heterocycles. The number of benzene rings is 1. The normalized spacial score (nSPS) is 16.8. The molecular formula is C21H34N2O2. The Balaban J connectivity index is 1.57. The maximum Gasteiger partial charge on any atom is 0.411 e. The number of ether oxygens (including phenoxy) is 1. The van der Waals surface area contributed by atoms with Gasteiger partial charge in [0.1, 0.15) is 6.10 Å². The van der Waals surface area contributed by atoms with E-state index in [9.17, 15) is 4.79 Å². The van der Waals surface area contributed by atoms with Gasteiger partial charge in [-0.15, -0.1) is 0 Å². The minimum atomic E-state index is -0.357. The third-order valence-electron chi connectivity index (χ3n) is 4.81. The summed E-state index contributed by atoms with van der Waals surface area (Å²) in [6, 6.07) is 8.14. The van der Waals surface area contributed by atoms with Gasteiger partial charge in [0.25, 0.3) is 0 Å². The summed E-state index contributed by atoms with van der Waals surface area (Å²) in [4.78, 5) is 11.8. The van der Waals surface area contributed by atoms with E-state index >= 15 is 0 Å². The highest BCUT2D eigenvalue weighted by Crippen LogP contribution is 2.15. The number of carbonyl (C=O) groups excluding carboxylic acids is 1. The number of carbonyl (C=O) groups is 1. The molecule has 1 aromatic rings. The lowest BCUT2D eigenvalue weighted by atomic mass is 10.0. The molecular weight excluding hydrogens is 312 g/mol. The standard InChI is InChI=1S/C21H34N2O2/c1-2-3-4-5-6-7-8-9-10-18-11-13-19(14-12-18)23-21(24)25-20-15-16-22-17-20/h11-14,20,22H,2-10,15-17H2,1H3,(H,23,24)/t20-/m0/s1. The molecule has 0 radical (unpaired) electrons. The van der Waals surface area contributed by atoms with Crippen LogP contribution in [-0.2, 0) is 11.2 Å². The van der Waals surface area contributed by atoms with Crippen LogP contribution < -0.4 is 10.6 Å². The highest BCUT2D eigenvalue weighted by atomic mass is 16.6. The van der Waals surface area contributed by atoms with Gasteiger partial charge < -0.3 is 10.1 Å². The number of hydrogen-bond acceptors (Lipinski definition) is 3. The van der Waals surface area contributed by atoms with E-state index in [0.717, 1.165) is 31.6 Å². The van der Waals surface area contributed by atoms with Crippen molar-refractivity contribution in [2.45, 2.75) is 77.2 Å². The van der Waals surface area contributed by atoms with Gasteiger partial charge in [0.05, 0.1) is 0 Å². The number of amides is 1. The van der Waals surface area contributed by atoms with E-state index in [-0.39, 0.29) is 12.2 Å². The van der Waals surface area contributed by atoms with E-state index < -0.39 is 0 Å². The molecule has 0 unspecified atom stereocenters. The van der Waals surface area contributed by atoms with Crippen molar-refractivity contribution in [2.24, 2.45) is 0 Å². The molecule has 0 aromatic heterocycles. The number of unbranched alkanes of at least 4 members (excludes halogenated alkanes) is 7. The van der Waals surface area contributed by atoms with Crippen LogP contribution in [0.4, 0.5) is 10.5 Å². The van der Waals surface area contributed by atoms with Crippen molar-refractivity contribution in [1.29, 1.82) is 0 Å². The first-order valence-corrected chi connectivity index (χ1v) is 10.0. The Morgan fingerprint density at radius 1 is 1.08 bits per heavy atom. The highest BCUT2D eigenvalue weighted by molar-refractivity contribution is 5.84. The zero-order chi connectivity index (χ0) is 17.7. The van der Waals surface area contributed by atoms with E-state index in [1.54, 1.807) is 0 Å². The van der Waals surface area contributed by atoms with E-state index in [1.807, 2.05) is 12.1 Å². The second-order valence-corrected chi connectivity index (χ2v) is 7.07. The van der Waals surface area contributed by atoms with Gasteiger partial charge in [-0.05, 0) is 43.5 Å². The fourth-order valence-electron chi connectivity index (χ4n) is 3.25. The average molecular weight is 347 g/mol. The Morgan fingerprint density at radius 2 is 1.76 bits per heavy atom. The first kappa shape index (κ1) is 19.8. The van der Waals surface area contributed by atoms with Crippen LogP contribution in [0.1, 0.15) is 70.3 Å². The van der Waals surface area contributed by atoms with Gasteiger partial charge in [0.2, 0.25) is 0 Å². The monoisotopic (exact) mass is 346 g/mol. The van der Waals surface area contributed by atoms with Crippen molar-refractivity contribution >= 4 is 11.8 Å². The van der Waals surface area contributed by atoms with Crippen LogP contribution in [0, 0.1) is 0 Å². The molecule has 1 fully saturated rings. The molecule has 1 saturated heterocycles. The first-order chi connectivity index (χ1) is 12.3. The topological polar surface area (TPSA) is 50.4 Å². The summed E-state index contributed by atoms with van der Waals surface area (Å²) >= 11 is 0. The smallest absolute Gasteiger partial charge is 0.411 e. The van der Waals surface area contributed by atoms with Gasteiger partial charge >= 0.3 is 6.09 Å². The lowest BCUT2D eigenvalue weighted by Crippen LogP contribution is -2.24. The summed E-state index contributed by atoms with van der Waals surface area (Å²) in [5.41, 5.74) is 2.14. The van der Waals surface area contributed by atoms with Crippen LogP contribution in [0.5, 0.6) is 0 Å². The maximum absolute atomic E-state index is 11.8. The summed E-state index contributed by atoms with van der Waals surface area (Å²) < 4.78 is 5.36.